The van der Waals surface area contributed by atoms with Gasteiger partial charge in [-0.05, 0) is 37.6 Å². The van der Waals surface area contributed by atoms with Crippen LogP contribution >= 0.6 is 11.8 Å². The summed E-state index contributed by atoms with van der Waals surface area (Å²) in [4.78, 5) is 22.7. The number of aromatic nitrogens is 2. The van der Waals surface area contributed by atoms with Gasteiger partial charge in [-0.1, -0.05) is 35.5 Å². The Bertz CT molecular complexity index is 1020. The fourth-order valence-corrected chi connectivity index (χ4v) is 2.93. The highest BCUT2D eigenvalue weighted by Crippen LogP contribution is 2.26. The number of nitro groups is 1. The van der Waals surface area contributed by atoms with Gasteiger partial charge in [0.25, 0.3) is 16.8 Å². The lowest BCUT2D eigenvalue weighted by Gasteiger charge is -2.05. The highest BCUT2D eigenvalue weighted by molar-refractivity contribution is 7.99. The molecule has 0 saturated heterocycles. The Balaban J connectivity index is 1.51. The summed E-state index contributed by atoms with van der Waals surface area (Å²) < 4.78 is 11.0. The first-order chi connectivity index (χ1) is 13.9. The van der Waals surface area contributed by atoms with Crippen molar-refractivity contribution >= 4 is 29.0 Å². The third-order valence-electron chi connectivity index (χ3n) is 3.78. The summed E-state index contributed by atoms with van der Waals surface area (Å²) in [5, 5.41) is 21.6. The van der Waals surface area contributed by atoms with Crippen molar-refractivity contribution < 1.29 is 18.9 Å². The van der Waals surface area contributed by atoms with Crippen molar-refractivity contribution in [2.24, 2.45) is 0 Å². The van der Waals surface area contributed by atoms with Gasteiger partial charge in [-0.2, -0.15) is 0 Å². The molecule has 0 bridgehead atoms. The molecular formula is C19H18N4O5S. The number of benzene rings is 2. The second kappa shape index (κ2) is 9.20. The fraction of sp³-hybridized carbons (Fsp3) is 0.211. The number of amides is 1. The molecule has 0 unspecified atom stereocenters. The molecule has 3 aromatic rings. The molecule has 0 aliphatic carbocycles. The van der Waals surface area contributed by atoms with Crippen LogP contribution < -0.4 is 10.1 Å². The first kappa shape index (κ1) is 20.3. The summed E-state index contributed by atoms with van der Waals surface area (Å²) in [7, 11) is 0. The van der Waals surface area contributed by atoms with Crippen molar-refractivity contribution in [3.05, 3.63) is 69.6 Å². The van der Waals surface area contributed by atoms with E-state index in [1.165, 1.54) is 12.1 Å². The van der Waals surface area contributed by atoms with Gasteiger partial charge in [-0.3, -0.25) is 14.9 Å². The second-order valence-electron chi connectivity index (χ2n) is 6.18. The molecule has 0 radical (unpaired) electrons. The van der Waals surface area contributed by atoms with E-state index in [0.717, 1.165) is 22.9 Å². The number of aryl methyl sites for hydroxylation is 2. The molecule has 150 valence electrons. The van der Waals surface area contributed by atoms with Gasteiger partial charge in [-0.15, -0.1) is 10.2 Å². The zero-order valence-electron chi connectivity index (χ0n) is 15.7. The lowest BCUT2D eigenvalue weighted by atomic mass is 10.2. The minimum Gasteiger partial charge on any atom is -0.484 e. The van der Waals surface area contributed by atoms with Crippen molar-refractivity contribution in [1.82, 2.24) is 10.2 Å². The Morgan fingerprint density at radius 1 is 1.17 bits per heavy atom. The van der Waals surface area contributed by atoms with E-state index in [4.69, 9.17) is 9.15 Å². The zero-order valence-corrected chi connectivity index (χ0v) is 16.6. The molecule has 3 rings (SSSR count). The minimum atomic E-state index is -0.534. The number of nitrogens with one attached hydrogen (secondary N) is 1. The monoisotopic (exact) mass is 414 g/mol. The molecule has 9 nitrogen and oxygen atoms in total. The van der Waals surface area contributed by atoms with Gasteiger partial charge in [0.05, 0.1) is 10.7 Å². The number of rotatable bonds is 8. The van der Waals surface area contributed by atoms with Crippen LogP contribution in [0.4, 0.5) is 11.4 Å². The van der Waals surface area contributed by atoms with Crippen LogP contribution in [0.15, 0.2) is 52.1 Å². The van der Waals surface area contributed by atoms with Crippen LogP contribution in [0.25, 0.3) is 0 Å². The molecule has 0 fully saturated rings. The van der Waals surface area contributed by atoms with E-state index in [2.05, 4.69) is 15.5 Å². The molecule has 0 spiro atoms. The van der Waals surface area contributed by atoms with Gasteiger partial charge in [-0.25, -0.2) is 0 Å². The molecule has 0 aliphatic heterocycles. The van der Waals surface area contributed by atoms with Gasteiger partial charge in [0, 0.05) is 6.07 Å². The number of hydrogen-bond acceptors (Lipinski definition) is 8. The Morgan fingerprint density at radius 3 is 2.62 bits per heavy atom. The third kappa shape index (κ3) is 5.79. The predicted molar refractivity (Wildman–Crippen MR) is 107 cm³/mol. The first-order valence-electron chi connectivity index (χ1n) is 8.60. The van der Waals surface area contributed by atoms with Gasteiger partial charge in [0.1, 0.15) is 11.4 Å². The van der Waals surface area contributed by atoms with Crippen LogP contribution in [0, 0.1) is 24.0 Å². The Labute approximate surface area is 170 Å². The molecule has 2 aromatic carbocycles. The van der Waals surface area contributed by atoms with Crippen molar-refractivity contribution in [3.8, 4) is 5.75 Å². The van der Waals surface area contributed by atoms with Crippen molar-refractivity contribution in [2.45, 2.75) is 25.7 Å². The van der Waals surface area contributed by atoms with Crippen LogP contribution in [0.2, 0.25) is 0 Å². The number of ether oxygens (including phenoxy) is 1. The molecule has 1 amide bonds. The van der Waals surface area contributed by atoms with E-state index in [0.29, 0.717) is 5.75 Å². The molecule has 1 N–H and O–H groups in total. The number of carbonyl (C=O) groups is 1. The number of nitrogens with zero attached hydrogens (tertiary/aromatic N) is 3. The van der Waals surface area contributed by atoms with Crippen LogP contribution in [0.3, 0.4) is 0 Å². The summed E-state index contributed by atoms with van der Waals surface area (Å²) >= 11 is 1.03. The van der Waals surface area contributed by atoms with Crippen molar-refractivity contribution in [3.63, 3.8) is 0 Å². The van der Waals surface area contributed by atoms with Crippen LogP contribution in [0.1, 0.15) is 17.0 Å². The predicted octanol–water partition coefficient (Wildman–Crippen LogP) is 3.90. The number of hydrogen-bond donors (Lipinski definition) is 1. The summed E-state index contributed by atoms with van der Waals surface area (Å²) in [6.07, 6.45) is 0. The highest BCUT2D eigenvalue weighted by atomic mass is 32.2. The lowest BCUT2D eigenvalue weighted by Crippen LogP contribution is -2.15. The smallest absolute Gasteiger partial charge is 0.293 e. The van der Waals surface area contributed by atoms with Crippen LogP contribution in [0.5, 0.6) is 5.75 Å². The van der Waals surface area contributed by atoms with E-state index in [1.807, 2.05) is 31.2 Å². The number of anilines is 1. The molecule has 1 aromatic heterocycles. The third-order valence-corrected chi connectivity index (χ3v) is 4.60. The van der Waals surface area contributed by atoms with Gasteiger partial charge >= 0.3 is 0 Å². The van der Waals surface area contributed by atoms with E-state index in [9.17, 15) is 14.9 Å². The largest absolute Gasteiger partial charge is 0.484 e. The summed E-state index contributed by atoms with van der Waals surface area (Å²) in [6, 6.07) is 12.1. The molecule has 10 heteroatoms. The summed E-state index contributed by atoms with van der Waals surface area (Å²) in [5.74, 6) is 0.508. The SMILES string of the molecule is Cc1ccc(OCc2nnc(SCC(=O)Nc3ccc(C)cc3[N+](=O)[O-])o2)cc1. The molecule has 1 heterocycles. The number of carbonyl (C=O) groups excluding carboxylic acids is 1. The summed E-state index contributed by atoms with van der Waals surface area (Å²) in [6.45, 7) is 3.83. The maximum atomic E-state index is 12.1. The lowest BCUT2D eigenvalue weighted by molar-refractivity contribution is -0.384. The average Bonchev–Trinajstić information content (AvgIpc) is 3.15. The van der Waals surface area contributed by atoms with Gasteiger partial charge in [0.15, 0.2) is 6.61 Å². The first-order valence-corrected chi connectivity index (χ1v) is 9.59. The molecule has 0 aliphatic rings. The van der Waals surface area contributed by atoms with Crippen molar-refractivity contribution in [2.75, 3.05) is 11.1 Å². The standard InChI is InChI=1S/C19H18N4O5S/c1-12-3-6-14(7-4-12)27-10-18-21-22-19(28-18)29-11-17(24)20-15-8-5-13(2)9-16(15)23(25)26/h3-9H,10-11H2,1-2H3,(H,20,24). The molecule has 29 heavy (non-hydrogen) atoms. The van der Waals surface area contributed by atoms with Crippen molar-refractivity contribution in [1.29, 1.82) is 0 Å². The van der Waals surface area contributed by atoms with E-state index in [-0.39, 0.29) is 34.8 Å². The maximum absolute atomic E-state index is 12.1. The number of nitro benzene ring substituents is 1. The number of thioether (sulfide) groups is 1. The van der Waals surface area contributed by atoms with Crippen LogP contribution in [-0.4, -0.2) is 26.8 Å². The van der Waals surface area contributed by atoms with E-state index >= 15 is 0 Å². The molecular weight excluding hydrogens is 396 g/mol. The zero-order chi connectivity index (χ0) is 20.8. The minimum absolute atomic E-state index is 0.0362. The summed E-state index contributed by atoms with van der Waals surface area (Å²) in [5.41, 5.74) is 1.85. The van der Waals surface area contributed by atoms with Crippen LogP contribution in [-0.2, 0) is 11.4 Å². The van der Waals surface area contributed by atoms with E-state index in [1.54, 1.807) is 13.0 Å². The van der Waals surface area contributed by atoms with Gasteiger partial charge < -0.3 is 14.5 Å². The Kier molecular flexibility index (Phi) is 6.45. The Morgan fingerprint density at radius 2 is 1.90 bits per heavy atom. The Hall–Kier alpha value is -3.40. The maximum Gasteiger partial charge on any atom is 0.293 e. The second-order valence-corrected chi connectivity index (χ2v) is 7.10. The fourth-order valence-electron chi connectivity index (χ4n) is 2.35. The molecule has 0 atom stereocenters. The molecule has 0 saturated carbocycles. The van der Waals surface area contributed by atoms with E-state index < -0.39 is 10.8 Å². The average molecular weight is 414 g/mol. The quantitative estimate of drug-likeness (QED) is 0.335. The normalized spacial score (nSPS) is 10.6. The van der Waals surface area contributed by atoms with Gasteiger partial charge in [0.2, 0.25) is 5.91 Å². The topological polar surface area (TPSA) is 120 Å². The highest BCUT2D eigenvalue weighted by Gasteiger charge is 2.17.